The maximum atomic E-state index is 13.4. The minimum Gasteiger partial charge on any atom is -0.489 e. The van der Waals surface area contributed by atoms with Crippen LogP contribution in [0.5, 0.6) is 11.5 Å². The molecule has 5 aliphatic rings. The molecule has 60 heavy (non-hydrogen) atoms. The first-order valence-corrected chi connectivity index (χ1v) is 20.7. The molecule has 1 saturated carbocycles. The average molecular weight is 838 g/mol. The number of aromatic nitrogens is 2. The van der Waals surface area contributed by atoms with Crippen LogP contribution in [0, 0.1) is 22.2 Å². The number of nitrogens with zero attached hydrogens (tertiary/aromatic N) is 7. The van der Waals surface area contributed by atoms with Crippen molar-refractivity contribution in [1.82, 2.24) is 35.3 Å². The largest absolute Gasteiger partial charge is 0.489 e. The lowest BCUT2D eigenvalue weighted by molar-refractivity contribution is -0.164. The number of hydrogen-bond acceptors (Lipinski definition) is 13. The van der Waals surface area contributed by atoms with Gasteiger partial charge in [0.15, 0.2) is 0 Å². The highest BCUT2D eigenvalue weighted by molar-refractivity contribution is 6.31. The molecule has 2 aromatic carbocycles. The van der Waals surface area contributed by atoms with Crippen LogP contribution >= 0.6 is 11.6 Å². The Labute approximate surface area is 353 Å². The summed E-state index contributed by atoms with van der Waals surface area (Å²) in [6.45, 7) is 15.0. The van der Waals surface area contributed by atoms with Crippen LogP contribution in [0.15, 0.2) is 48.8 Å². The summed E-state index contributed by atoms with van der Waals surface area (Å²) in [5, 5.41) is 14.9. The first-order valence-electron chi connectivity index (χ1n) is 20.3. The highest BCUT2D eigenvalue weighted by Crippen LogP contribution is 2.55. The standard InChI is InChI=1S/C43H48ClN9O7/c1-42(2)39(43(3,4)40(42)60-28-7-6-25(20-45)32(44)19-28)49-35(55)26-21-46-41(47-22-26)52-16-14-50(15-17-52)12-5-13-51-23-29(24-51)59-27-8-9-30-31(18-27)38(58)53(37(30)57)33-10-11-34(54)48-36(33)56/h6-9,18-19,21-22,29,33,39-40H,5,10-17,23-24H2,1-4H3,(H,49,55)(H,48,54,56)/t33?,39-,40-. The number of rotatable bonds is 12. The minimum absolute atomic E-state index is 0.0343. The molecule has 0 spiro atoms. The zero-order valence-electron chi connectivity index (χ0n) is 34.1. The summed E-state index contributed by atoms with van der Waals surface area (Å²) < 4.78 is 12.5. The number of likely N-dealkylation sites (tertiary alicyclic amines) is 1. The zero-order valence-corrected chi connectivity index (χ0v) is 34.8. The van der Waals surface area contributed by atoms with Crippen LogP contribution in [0.2, 0.25) is 5.02 Å². The van der Waals surface area contributed by atoms with Crippen LogP contribution in [0.4, 0.5) is 5.95 Å². The van der Waals surface area contributed by atoms with E-state index in [1.807, 2.05) is 0 Å². The average Bonchev–Trinajstić information content (AvgIpc) is 3.45. The number of halogens is 1. The van der Waals surface area contributed by atoms with Crippen LogP contribution in [-0.2, 0) is 9.59 Å². The van der Waals surface area contributed by atoms with E-state index in [0.29, 0.717) is 33.6 Å². The van der Waals surface area contributed by atoms with E-state index in [-0.39, 0.29) is 48.1 Å². The summed E-state index contributed by atoms with van der Waals surface area (Å²) >= 11 is 6.23. The van der Waals surface area contributed by atoms with Crippen LogP contribution in [-0.4, -0.2) is 131 Å². The highest BCUT2D eigenvalue weighted by atomic mass is 35.5. The molecule has 16 nitrogen and oxygen atoms in total. The second-order valence-electron chi connectivity index (χ2n) is 17.4. The number of hydrogen-bond donors (Lipinski definition) is 2. The lowest BCUT2D eigenvalue weighted by Crippen LogP contribution is -2.74. The number of fused-ring (bicyclic) bond motifs is 1. The Morgan fingerprint density at radius 1 is 0.900 bits per heavy atom. The monoisotopic (exact) mass is 837 g/mol. The van der Waals surface area contributed by atoms with Gasteiger partial charge in [0.1, 0.15) is 35.8 Å². The van der Waals surface area contributed by atoms with Gasteiger partial charge in [-0.15, -0.1) is 0 Å². The Hall–Kier alpha value is -5.63. The number of nitrogens with one attached hydrogen (secondary N) is 2. The first kappa shape index (κ1) is 41.1. The molecule has 1 aromatic heterocycles. The molecule has 314 valence electrons. The van der Waals surface area contributed by atoms with Gasteiger partial charge >= 0.3 is 0 Å². The van der Waals surface area contributed by atoms with Crippen molar-refractivity contribution in [3.63, 3.8) is 0 Å². The van der Waals surface area contributed by atoms with Crippen molar-refractivity contribution < 1.29 is 33.4 Å². The molecule has 17 heteroatoms. The van der Waals surface area contributed by atoms with Gasteiger partial charge in [0.2, 0.25) is 17.8 Å². The van der Waals surface area contributed by atoms with E-state index in [9.17, 15) is 29.2 Å². The predicted octanol–water partition coefficient (Wildman–Crippen LogP) is 3.29. The van der Waals surface area contributed by atoms with E-state index in [4.69, 9.17) is 21.1 Å². The van der Waals surface area contributed by atoms with Gasteiger partial charge in [-0.25, -0.2) is 9.97 Å². The molecule has 3 aromatic rings. The quantitative estimate of drug-likeness (QED) is 0.253. The third-order valence-corrected chi connectivity index (χ3v) is 12.9. The van der Waals surface area contributed by atoms with E-state index in [2.05, 4.69) is 69.1 Å². The van der Waals surface area contributed by atoms with Crippen molar-refractivity contribution in [2.45, 2.75) is 71.2 Å². The molecular formula is C43H48ClN9O7. The summed E-state index contributed by atoms with van der Waals surface area (Å²) in [6.07, 6.45) is 4.11. The maximum absolute atomic E-state index is 13.4. The number of piperazine rings is 1. The fourth-order valence-corrected chi connectivity index (χ4v) is 9.81. The fourth-order valence-electron chi connectivity index (χ4n) is 9.60. The van der Waals surface area contributed by atoms with Crippen LogP contribution in [0.1, 0.15) is 83.6 Å². The number of benzene rings is 2. The number of carbonyl (C=O) groups excluding carboxylic acids is 5. The van der Waals surface area contributed by atoms with E-state index >= 15 is 0 Å². The van der Waals surface area contributed by atoms with Gasteiger partial charge in [0, 0.05) is 81.0 Å². The second-order valence-corrected chi connectivity index (χ2v) is 17.8. The van der Waals surface area contributed by atoms with Gasteiger partial charge in [0.25, 0.3) is 17.7 Å². The van der Waals surface area contributed by atoms with Crippen LogP contribution in [0.3, 0.4) is 0 Å². The van der Waals surface area contributed by atoms with Gasteiger partial charge in [-0.2, -0.15) is 5.26 Å². The summed E-state index contributed by atoms with van der Waals surface area (Å²) in [7, 11) is 0. The van der Waals surface area contributed by atoms with E-state index in [0.717, 1.165) is 63.7 Å². The van der Waals surface area contributed by atoms with Gasteiger partial charge in [0.05, 0.1) is 27.3 Å². The summed E-state index contributed by atoms with van der Waals surface area (Å²) in [5.41, 5.74) is 0.430. The number of nitriles is 1. The third-order valence-electron chi connectivity index (χ3n) is 12.6. The molecule has 4 fully saturated rings. The summed E-state index contributed by atoms with van der Waals surface area (Å²) in [4.78, 5) is 80.4. The van der Waals surface area contributed by atoms with Crippen molar-refractivity contribution in [1.29, 1.82) is 5.26 Å². The van der Waals surface area contributed by atoms with Gasteiger partial charge in [-0.3, -0.25) is 44.0 Å². The van der Waals surface area contributed by atoms with Gasteiger partial charge in [-0.05, 0) is 56.3 Å². The third kappa shape index (κ3) is 7.77. The zero-order chi connectivity index (χ0) is 42.5. The molecule has 8 rings (SSSR count). The number of carbonyl (C=O) groups is 5. The SMILES string of the molecule is CC1(C)[C@H](NC(=O)c2cnc(N3CCN(CCCN4CC(Oc5ccc6c(c5)C(=O)N(C5CCC(=O)NC5=O)C6=O)C4)CC3)nc2)C(C)(C)[C@H]1Oc1ccc(C#N)c(Cl)c1. The molecule has 0 radical (unpaired) electrons. The maximum Gasteiger partial charge on any atom is 0.262 e. The molecule has 5 heterocycles. The van der Waals surface area contributed by atoms with Crippen molar-refractivity contribution in [3.05, 3.63) is 76.1 Å². The summed E-state index contributed by atoms with van der Waals surface area (Å²) in [5.74, 6) is -0.697. The van der Waals surface area contributed by atoms with Crippen LogP contribution in [0.25, 0.3) is 0 Å². The molecule has 3 saturated heterocycles. The Morgan fingerprint density at radius 2 is 1.55 bits per heavy atom. The molecule has 2 N–H and O–H groups in total. The fraction of sp³-hybridized carbons (Fsp3) is 0.488. The van der Waals surface area contributed by atoms with Crippen molar-refractivity contribution in [2.24, 2.45) is 10.8 Å². The molecule has 1 aliphatic carbocycles. The number of imide groups is 2. The van der Waals surface area contributed by atoms with E-state index in [1.165, 1.54) is 0 Å². The first-order chi connectivity index (χ1) is 28.6. The lowest BCUT2D eigenvalue weighted by atomic mass is 9.49. The van der Waals surface area contributed by atoms with Crippen LogP contribution < -0.4 is 25.0 Å². The Morgan fingerprint density at radius 3 is 2.22 bits per heavy atom. The second kappa shape index (κ2) is 16.1. The Bertz CT molecular complexity index is 2250. The van der Waals surface area contributed by atoms with E-state index in [1.54, 1.807) is 48.8 Å². The van der Waals surface area contributed by atoms with Gasteiger partial charge < -0.3 is 19.7 Å². The normalized spacial score (nSPS) is 23.9. The number of anilines is 1. The van der Waals surface area contributed by atoms with Crippen molar-refractivity contribution in [3.8, 4) is 17.6 Å². The topological polar surface area (TPSA) is 190 Å². The number of ether oxygens (including phenoxy) is 2. The molecule has 5 amide bonds. The predicted molar refractivity (Wildman–Crippen MR) is 219 cm³/mol. The number of amides is 5. The smallest absolute Gasteiger partial charge is 0.262 e. The summed E-state index contributed by atoms with van der Waals surface area (Å²) in [6, 6.07) is 10.7. The minimum atomic E-state index is -1.00. The Balaban J connectivity index is 0.738. The van der Waals surface area contributed by atoms with Gasteiger partial charge in [-0.1, -0.05) is 39.3 Å². The number of piperidine rings is 1. The van der Waals surface area contributed by atoms with Crippen molar-refractivity contribution in [2.75, 3.05) is 57.3 Å². The van der Waals surface area contributed by atoms with E-state index < -0.39 is 40.5 Å². The molecule has 1 atom stereocenters. The molecule has 1 unspecified atom stereocenters. The lowest BCUT2D eigenvalue weighted by Gasteiger charge is -2.63. The Kier molecular flexibility index (Phi) is 11.0. The highest BCUT2D eigenvalue weighted by Gasteiger charge is 2.64. The molecule has 4 aliphatic heterocycles. The van der Waals surface area contributed by atoms with Crippen molar-refractivity contribution >= 4 is 47.1 Å². The molecular weight excluding hydrogens is 790 g/mol. The molecule has 0 bridgehead atoms.